The molecule has 0 heterocycles. The highest BCUT2D eigenvalue weighted by Gasteiger charge is 2.30. The summed E-state index contributed by atoms with van der Waals surface area (Å²) in [6.07, 6.45) is -3.55. The van der Waals surface area contributed by atoms with E-state index in [2.05, 4.69) is 5.32 Å². The highest BCUT2D eigenvalue weighted by atomic mass is 19.4. The van der Waals surface area contributed by atoms with Crippen molar-refractivity contribution in [2.24, 2.45) is 11.1 Å². The van der Waals surface area contributed by atoms with Crippen molar-refractivity contribution in [2.45, 2.75) is 45.8 Å². The smallest absolute Gasteiger partial charge is 0.327 e. The third kappa shape index (κ3) is 6.62. The first-order chi connectivity index (χ1) is 9.47. The SMILES string of the molecule is CC(C)(C)CC(N)CC(=O)Nc1ccc(C(F)(F)F)cc1. The van der Waals surface area contributed by atoms with Gasteiger partial charge < -0.3 is 11.1 Å². The number of nitrogens with one attached hydrogen (secondary N) is 1. The van der Waals surface area contributed by atoms with E-state index in [1.807, 2.05) is 20.8 Å². The zero-order chi connectivity index (χ0) is 16.3. The molecule has 0 bridgehead atoms. The number of halogens is 3. The molecule has 1 aromatic carbocycles. The van der Waals surface area contributed by atoms with Gasteiger partial charge in [-0.25, -0.2) is 0 Å². The Morgan fingerprint density at radius 1 is 1.19 bits per heavy atom. The van der Waals surface area contributed by atoms with E-state index in [-0.39, 0.29) is 23.8 Å². The minimum absolute atomic E-state index is 0.0219. The minimum atomic E-state index is -4.38. The summed E-state index contributed by atoms with van der Waals surface area (Å²) in [7, 11) is 0. The lowest BCUT2D eigenvalue weighted by Gasteiger charge is -2.22. The summed E-state index contributed by atoms with van der Waals surface area (Å²) in [5.74, 6) is -0.300. The van der Waals surface area contributed by atoms with Gasteiger partial charge in [0, 0.05) is 18.2 Å². The van der Waals surface area contributed by atoms with Crippen LogP contribution in [-0.2, 0) is 11.0 Å². The fourth-order valence-corrected chi connectivity index (χ4v) is 2.05. The summed E-state index contributed by atoms with van der Waals surface area (Å²) in [4.78, 5) is 11.8. The van der Waals surface area contributed by atoms with Crippen LogP contribution < -0.4 is 11.1 Å². The number of nitrogens with two attached hydrogens (primary N) is 1. The molecule has 3 nitrogen and oxygen atoms in total. The second-order valence-electron chi connectivity index (χ2n) is 6.35. The van der Waals surface area contributed by atoms with Crippen molar-refractivity contribution in [1.82, 2.24) is 0 Å². The molecular weight excluding hydrogens is 281 g/mol. The molecule has 0 fully saturated rings. The Kier molecular flexibility index (Phi) is 5.39. The number of anilines is 1. The number of carbonyl (C=O) groups is 1. The molecule has 0 aromatic heterocycles. The molecule has 1 unspecified atom stereocenters. The number of carbonyl (C=O) groups excluding carboxylic acids is 1. The van der Waals surface area contributed by atoms with Gasteiger partial charge in [-0.05, 0) is 36.1 Å². The lowest BCUT2D eigenvalue weighted by molar-refractivity contribution is -0.137. The van der Waals surface area contributed by atoms with Crippen LogP contribution in [0.3, 0.4) is 0 Å². The average molecular weight is 302 g/mol. The average Bonchev–Trinajstić information content (AvgIpc) is 2.25. The number of benzene rings is 1. The first-order valence-corrected chi connectivity index (χ1v) is 6.70. The molecule has 0 spiro atoms. The lowest BCUT2D eigenvalue weighted by Crippen LogP contribution is -2.31. The molecule has 0 aliphatic carbocycles. The Morgan fingerprint density at radius 3 is 2.14 bits per heavy atom. The van der Waals surface area contributed by atoms with Crippen LogP contribution >= 0.6 is 0 Å². The number of alkyl halides is 3. The van der Waals surface area contributed by atoms with E-state index in [4.69, 9.17) is 5.73 Å². The van der Waals surface area contributed by atoms with Gasteiger partial charge >= 0.3 is 6.18 Å². The molecule has 6 heteroatoms. The number of amides is 1. The summed E-state index contributed by atoms with van der Waals surface area (Å²) in [6, 6.07) is 4.06. The number of rotatable bonds is 4. The van der Waals surface area contributed by atoms with Gasteiger partial charge in [0.05, 0.1) is 5.56 Å². The van der Waals surface area contributed by atoms with Crippen molar-refractivity contribution in [3.05, 3.63) is 29.8 Å². The Morgan fingerprint density at radius 2 is 1.71 bits per heavy atom. The standard InChI is InChI=1S/C15H21F3N2O/c1-14(2,3)9-11(19)8-13(21)20-12-6-4-10(5-7-12)15(16,17)18/h4-7,11H,8-9,19H2,1-3H3,(H,20,21). The van der Waals surface area contributed by atoms with Crippen molar-refractivity contribution in [2.75, 3.05) is 5.32 Å². The maximum atomic E-state index is 12.4. The topological polar surface area (TPSA) is 55.1 Å². The molecular formula is C15H21F3N2O. The molecule has 0 radical (unpaired) electrons. The van der Waals surface area contributed by atoms with E-state index in [1.165, 1.54) is 12.1 Å². The Labute approximate surface area is 122 Å². The third-order valence-electron chi connectivity index (χ3n) is 2.82. The Balaban J connectivity index is 2.56. The van der Waals surface area contributed by atoms with Crippen LogP contribution in [-0.4, -0.2) is 11.9 Å². The number of hydrogen-bond donors (Lipinski definition) is 2. The van der Waals surface area contributed by atoms with Crippen LogP contribution in [0.15, 0.2) is 24.3 Å². The fourth-order valence-electron chi connectivity index (χ4n) is 2.05. The van der Waals surface area contributed by atoms with Crippen molar-refractivity contribution in [1.29, 1.82) is 0 Å². The van der Waals surface area contributed by atoms with E-state index < -0.39 is 11.7 Å². The quantitative estimate of drug-likeness (QED) is 0.889. The van der Waals surface area contributed by atoms with E-state index in [9.17, 15) is 18.0 Å². The molecule has 3 N–H and O–H groups in total. The molecule has 0 aliphatic heterocycles. The molecule has 0 saturated heterocycles. The summed E-state index contributed by atoms with van der Waals surface area (Å²) in [6.45, 7) is 6.09. The first kappa shape index (κ1) is 17.5. The summed E-state index contributed by atoms with van der Waals surface area (Å²) >= 11 is 0. The Hall–Kier alpha value is -1.56. The highest BCUT2D eigenvalue weighted by molar-refractivity contribution is 5.91. The molecule has 21 heavy (non-hydrogen) atoms. The maximum Gasteiger partial charge on any atom is 0.416 e. The van der Waals surface area contributed by atoms with E-state index in [0.29, 0.717) is 12.1 Å². The monoisotopic (exact) mass is 302 g/mol. The first-order valence-electron chi connectivity index (χ1n) is 6.70. The van der Waals surface area contributed by atoms with Crippen LogP contribution in [0, 0.1) is 5.41 Å². The second-order valence-corrected chi connectivity index (χ2v) is 6.35. The summed E-state index contributed by atoms with van der Waals surface area (Å²) in [5.41, 5.74) is 5.49. The van der Waals surface area contributed by atoms with E-state index >= 15 is 0 Å². The van der Waals surface area contributed by atoms with E-state index in [1.54, 1.807) is 0 Å². The van der Waals surface area contributed by atoms with Gasteiger partial charge in [-0.2, -0.15) is 13.2 Å². The zero-order valence-corrected chi connectivity index (χ0v) is 12.4. The third-order valence-corrected chi connectivity index (χ3v) is 2.82. The van der Waals surface area contributed by atoms with Crippen LogP contribution in [0.5, 0.6) is 0 Å². The molecule has 1 aromatic rings. The normalized spacial score (nSPS) is 13.9. The van der Waals surface area contributed by atoms with Crippen LogP contribution in [0.25, 0.3) is 0 Å². The van der Waals surface area contributed by atoms with Crippen molar-refractivity contribution < 1.29 is 18.0 Å². The van der Waals surface area contributed by atoms with Crippen LogP contribution in [0.4, 0.5) is 18.9 Å². The van der Waals surface area contributed by atoms with Gasteiger partial charge in [-0.1, -0.05) is 20.8 Å². The zero-order valence-electron chi connectivity index (χ0n) is 12.4. The molecule has 0 saturated carbocycles. The summed E-state index contributed by atoms with van der Waals surface area (Å²) in [5, 5.41) is 2.55. The molecule has 118 valence electrons. The molecule has 1 rings (SSSR count). The molecule has 0 aliphatic rings. The largest absolute Gasteiger partial charge is 0.416 e. The van der Waals surface area contributed by atoms with Gasteiger partial charge in [0.25, 0.3) is 0 Å². The Bertz CT molecular complexity index is 475. The van der Waals surface area contributed by atoms with Crippen molar-refractivity contribution in [3.8, 4) is 0 Å². The lowest BCUT2D eigenvalue weighted by atomic mass is 9.87. The fraction of sp³-hybridized carbons (Fsp3) is 0.533. The van der Waals surface area contributed by atoms with Gasteiger partial charge in [0.15, 0.2) is 0 Å². The second kappa shape index (κ2) is 6.47. The predicted octanol–water partition coefficient (Wildman–Crippen LogP) is 3.80. The molecule has 1 amide bonds. The number of hydrogen-bond acceptors (Lipinski definition) is 2. The highest BCUT2D eigenvalue weighted by Crippen LogP contribution is 2.29. The van der Waals surface area contributed by atoms with E-state index in [0.717, 1.165) is 12.1 Å². The van der Waals surface area contributed by atoms with Crippen LogP contribution in [0.1, 0.15) is 39.2 Å². The van der Waals surface area contributed by atoms with Gasteiger partial charge in [-0.3, -0.25) is 4.79 Å². The minimum Gasteiger partial charge on any atom is -0.327 e. The van der Waals surface area contributed by atoms with Crippen molar-refractivity contribution >= 4 is 11.6 Å². The van der Waals surface area contributed by atoms with Crippen LogP contribution in [0.2, 0.25) is 0 Å². The maximum absolute atomic E-state index is 12.4. The molecule has 1 atom stereocenters. The predicted molar refractivity (Wildman–Crippen MR) is 76.7 cm³/mol. The van der Waals surface area contributed by atoms with Crippen molar-refractivity contribution in [3.63, 3.8) is 0 Å². The van der Waals surface area contributed by atoms with Gasteiger partial charge in [-0.15, -0.1) is 0 Å². The van der Waals surface area contributed by atoms with Gasteiger partial charge in [0.1, 0.15) is 0 Å². The van der Waals surface area contributed by atoms with Gasteiger partial charge in [0.2, 0.25) is 5.91 Å². The summed E-state index contributed by atoms with van der Waals surface area (Å²) < 4.78 is 37.2.